The molecule has 1 aromatic heterocycles. The molecule has 0 aliphatic rings. The number of rotatable bonds is 6. The van der Waals surface area contributed by atoms with E-state index in [4.69, 9.17) is 9.72 Å². The van der Waals surface area contributed by atoms with Crippen molar-refractivity contribution in [2.24, 2.45) is 0 Å². The SMILES string of the molecule is CCCNC(C)c1csc(-c2cc(OC)ccc2Br)n1. The van der Waals surface area contributed by atoms with E-state index < -0.39 is 0 Å². The van der Waals surface area contributed by atoms with Crippen LogP contribution in [0, 0.1) is 0 Å². The molecule has 20 heavy (non-hydrogen) atoms. The maximum atomic E-state index is 5.28. The van der Waals surface area contributed by atoms with Crippen molar-refractivity contribution in [2.45, 2.75) is 26.3 Å². The number of hydrogen-bond acceptors (Lipinski definition) is 4. The van der Waals surface area contributed by atoms with Gasteiger partial charge < -0.3 is 10.1 Å². The molecule has 108 valence electrons. The fourth-order valence-electron chi connectivity index (χ4n) is 1.87. The van der Waals surface area contributed by atoms with Gasteiger partial charge in [-0.15, -0.1) is 11.3 Å². The van der Waals surface area contributed by atoms with Gasteiger partial charge in [-0.2, -0.15) is 0 Å². The van der Waals surface area contributed by atoms with Crippen molar-refractivity contribution in [3.8, 4) is 16.3 Å². The molecular formula is C15H19BrN2OS. The first-order valence-electron chi connectivity index (χ1n) is 6.68. The second kappa shape index (κ2) is 7.20. The molecule has 5 heteroatoms. The molecule has 0 spiro atoms. The average Bonchev–Trinajstić information content (AvgIpc) is 2.95. The standard InChI is InChI=1S/C15H19BrN2OS/c1-4-7-17-10(2)14-9-20-15(18-14)12-8-11(19-3)5-6-13(12)16/h5-6,8-10,17H,4,7H2,1-3H3. The Balaban J connectivity index is 2.24. The molecule has 0 aliphatic heterocycles. The van der Waals surface area contributed by atoms with Gasteiger partial charge in [-0.1, -0.05) is 22.9 Å². The fourth-order valence-corrected chi connectivity index (χ4v) is 3.38. The molecule has 0 saturated carbocycles. The number of thiazole rings is 1. The van der Waals surface area contributed by atoms with Crippen LogP contribution in [0.15, 0.2) is 28.1 Å². The Labute approximate surface area is 132 Å². The van der Waals surface area contributed by atoms with E-state index in [2.05, 4.69) is 40.5 Å². The number of ether oxygens (including phenoxy) is 1. The highest BCUT2D eigenvalue weighted by Gasteiger charge is 2.13. The van der Waals surface area contributed by atoms with Crippen molar-refractivity contribution in [2.75, 3.05) is 13.7 Å². The summed E-state index contributed by atoms with van der Waals surface area (Å²) in [5, 5.41) is 6.59. The van der Waals surface area contributed by atoms with E-state index in [1.807, 2.05) is 18.2 Å². The van der Waals surface area contributed by atoms with Crippen LogP contribution >= 0.6 is 27.3 Å². The van der Waals surface area contributed by atoms with Crippen LogP contribution < -0.4 is 10.1 Å². The van der Waals surface area contributed by atoms with Crippen LogP contribution in [0.25, 0.3) is 10.6 Å². The smallest absolute Gasteiger partial charge is 0.124 e. The van der Waals surface area contributed by atoms with E-state index in [1.54, 1.807) is 18.4 Å². The number of aromatic nitrogens is 1. The Kier molecular flexibility index (Phi) is 5.57. The Morgan fingerprint density at radius 2 is 2.25 bits per heavy atom. The molecule has 2 rings (SSSR count). The van der Waals surface area contributed by atoms with Gasteiger partial charge in [-0.25, -0.2) is 4.98 Å². The van der Waals surface area contributed by atoms with E-state index in [9.17, 15) is 0 Å². The monoisotopic (exact) mass is 354 g/mol. The second-order valence-electron chi connectivity index (χ2n) is 4.60. The third-order valence-corrected chi connectivity index (χ3v) is 4.66. The summed E-state index contributed by atoms with van der Waals surface area (Å²) in [5.41, 5.74) is 2.16. The number of halogens is 1. The van der Waals surface area contributed by atoms with Crippen molar-refractivity contribution >= 4 is 27.3 Å². The van der Waals surface area contributed by atoms with E-state index in [1.165, 1.54) is 0 Å². The van der Waals surface area contributed by atoms with Gasteiger partial charge in [-0.3, -0.25) is 0 Å². The normalized spacial score (nSPS) is 12.4. The summed E-state index contributed by atoms with van der Waals surface area (Å²) < 4.78 is 6.32. The first-order valence-corrected chi connectivity index (χ1v) is 8.35. The predicted molar refractivity (Wildman–Crippen MR) is 88.5 cm³/mol. The van der Waals surface area contributed by atoms with E-state index in [0.717, 1.165) is 39.5 Å². The lowest BCUT2D eigenvalue weighted by Gasteiger charge is -2.10. The van der Waals surface area contributed by atoms with Crippen LogP contribution in [-0.2, 0) is 0 Å². The average molecular weight is 355 g/mol. The van der Waals surface area contributed by atoms with Gasteiger partial charge in [-0.05, 0) is 38.1 Å². The van der Waals surface area contributed by atoms with Crippen LogP contribution in [0.5, 0.6) is 5.75 Å². The van der Waals surface area contributed by atoms with Crippen molar-refractivity contribution in [1.82, 2.24) is 10.3 Å². The molecule has 0 saturated heterocycles. The largest absolute Gasteiger partial charge is 0.497 e. The van der Waals surface area contributed by atoms with Gasteiger partial charge in [0.15, 0.2) is 0 Å². The van der Waals surface area contributed by atoms with Crippen LogP contribution in [-0.4, -0.2) is 18.6 Å². The van der Waals surface area contributed by atoms with E-state index in [-0.39, 0.29) is 6.04 Å². The maximum Gasteiger partial charge on any atom is 0.124 e. The summed E-state index contributed by atoms with van der Waals surface area (Å²) in [7, 11) is 1.68. The number of hydrogen-bond donors (Lipinski definition) is 1. The Bertz CT molecular complexity index is 571. The topological polar surface area (TPSA) is 34.1 Å². The van der Waals surface area contributed by atoms with Crippen molar-refractivity contribution in [3.63, 3.8) is 0 Å². The summed E-state index contributed by atoms with van der Waals surface area (Å²) >= 11 is 5.24. The first kappa shape index (κ1) is 15.5. The third-order valence-electron chi connectivity index (χ3n) is 3.07. The lowest BCUT2D eigenvalue weighted by Crippen LogP contribution is -2.19. The fraction of sp³-hybridized carbons (Fsp3) is 0.400. The van der Waals surface area contributed by atoms with Crippen LogP contribution in [0.1, 0.15) is 32.0 Å². The summed E-state index contributed by atoms with van der Waals surface area (Å²) in [4.78, 5) is 4.74. The number of nitrogens with one attached hydrogen (secondary N) is 1. The molecular weight excluding hydrogens is 336 g/mol. The van der Waals surface area contributed by atoms with Gasteiger partial charge in [0.2, 0.25) is 0 Å². The van der Waals surface area contributed by atoms with E-state index >= 15 is 0 Å². The van der Waals surface area contributed by atoms with Crippen LogP contribution in [0.4, 0.5) is 0 Å². The molecule has 1 atom stereocenters. The Morgan fingerprint density at radius 1 is 1.45 bits per heavy atom. The zero-order chi connectivity index (χ0) is 14.5. The summed E-state index contributed by atoms with van der Waals surface area (Å²) in [6.07, 6.45) is 1.13. The molecule has 0 aliphatic carbocycles. The van der Waals surface area contributed by atoms with Crippen molar-refractivity contribution in [1.29, 1.82) is 0 Å². The van der Waals surface area contributed by atoms with Crippen molar-refractivity contribution < 1.29 is 4.74 Å². The molecule has 1 N–H and O–H groups in total. The lowest BCUT2D eigenvalue weighted by molar-refractivity contribution is 0.415. The minimum Gasteiger partial charge on any atom is -0.497 e. The highest BCUT2D eigenvalue weighted by atomic mass is 79.9. The van der Waals surface area contributed by atoms with E-state index in [0.29, 0.717) is 0 Å². The zero-order valence-electron chi connectivity index (χ0n) is 11.9. The summed E-state index contributed by atoms with van der Waals surface area (Å²) in [5.74, 6) is 0.845. The number of benzene rings is 1. The van der Waals surface area contributed by atoms with Crippen LogP contribution in [0.3, 0.4) is 0 Å². The van der Waals surface area contributed by atoms with Gasteiger partial charge in [0.05, 0.1) is 12.8 Å². The van der Waals surface area contributed by atoms with Gasteiger partial charge >= 0.3 is 0 Å². The number of nitrogens with zero attached hydrogens (tertiary/aromatic N) is 1. The van der Waals surface area contributed by atoms with Crippen LogP contribution in [0.2, 0.25) is 0 Å². The minimum atomic E-state index is 0.282. The van der Waals surface area contributed by atoms with Gasteiger partial charge in [0.1, 0.15) is 10.8 Å². The first-order chi connectivity index (χ1) is 9.65. The Morgan fingerprint density at radius 3 is 2.95 bits per heavy atom. The number of methoxy groups -OCH3 is 1. The molecule has 1 heterocycles. The molecule has 0 bridgehead atoms. The lowest BCUT2D eigenvalue weighted by atomic mass is 10.2. The highest BCUT2D eigenvalue weighted by Crippen LogP contribution is 2.34. The predicted octanol–water partition coefficient (Wildman–Crippen LogP) is 4.64. The van der Waals surface area contributed by atoms with Crippen molar-refractivity contribution in [3.05, 3.63) is 33.7 Å². The maximum absolute atomic E-state index is 5.28. The molecule has 2 aromatic rings. The summed E-state index contributed by atoms with van der Waals surface area (Å²) in [6.45, 7) is 5.32. The third kappa shape index (κ3) is 3.59. The highest BCUT2D eigenvalue weighted by molar-refractivity contribution is 9.10. The zero-order valence-corrected chi connectivity index (χ0v) is 14.3. The minimum absolute atomic E-state index is 0.282. The molecule has 1 aromatic carbocycles. The second-order valence-corrected chi connectivity index (χ2v) is 6.31. The Hall–Kier alpha value is -0.910. The van der Waals surface area contributed by atoms with Gasteiger partial charge in [0.25, 0.3) is 0 Å². The molecule has 0 fully saturated rings. The molecule has 3 nitrogen and oxygen atoms in total. The quantitative estimate of drug-likeness (QED) is 0.820. The molecule has 0 radical (unpaired) electrons. The van der Waals surface area contributed by atoms with Gasteiger partial charge in [0, 0.05) is 21.5 Å². The summed E-state index contributed by atoms with van der Waals surface area (Å²) in [6, 6.07) is 6.22. The molecule has 0 amide bonds. The molecule has 1 unspecified atom stereocenters.